The van der Waals surface area contributed by atoms with Crippen molar-refractivity contribution < 1.29 is 18.7 Å². The number of nitrogens with two attached hydrogens (primary N) is 1. The first kappa shape index (κ1) is 18.9. The van der Waals surface area contributed by atoms with Crippen LogP contribution in [0, 0.1) is 5.82 Å². The number of rotatable bonds is 5. The Balaban J connectivity index is 1.70. The van der Waals surface area contributed by atoms with Gasteiger partial charge in [0.1, 0.15) is 23.4 Å². The van der Waals surface area contributed by atoms with E-state index in [0.717, 1.165) is 0 Å². The third kappa shape index (κ3) is 3.54. The number of aromatic nitrogens is 3. The van der Waals surface area contributed by atoms with Crippen molar-refractivity contribution >= 4 is 17.4 Å². The van der Waals surface area contributed by atoms with Crippen molar-refractivity contribution in [2.75, 3.05) is 12.8 Å². The molecule has 0 saturated heterocycles. The zero-order valence-electron chi connectivity index (χ0n) is 16.4. The van der Waals surface area contributed by atoms with E-state index in [2.05, 4.69) is 20.4 Å². The normalized spacial score (nSPS) is 16.4. The van der Waals surface area contributed by atoms with Gasteiger partial charge in [-0.2, -0.15) is 4.98 Å². The second-order valence-electron chi connectivity index (χ2n) is 7.06. The molecule has 29 heavy (non-hydrogen) atoms. The Morgan fingerprint density at radius 2 is 2.10 bits per heavy atom. The van der Waals surface area contributed by atoms with Gasteiger partial charge in [0.2, 0.25) is 5.78 Å². The lowest BCUT2D eigenvalue weighted by molar-refractivity contribution is -0.0270. The average molecular weight is 400 g/mol. The fourth-order valence-corrected chi connectivity index (χ4v) is 3.05. The van der Waals surface area contributed by atoms with Crippen LogP contribution >= 0.6 is 0 Å². The molecule has 3 aromatic rings. The van der Waals surface area contributed by atoms with Gasteiger partial charge in [0.15, 0.2) is 23.1 Å². The van der Waals surface area contributed by atoms with Crippen LogP contribution in [0.3, 0.4) is 0 Å². The maximum absolute atomic E-state index is 13.7. The number of hydrogen-bond donors (Lipinski definition) is 2. The number of nitrogen functional groups attached to an aromatic ring is 1. The molecule has 1 atom stereocenters. The molecule has 4 rings (SSSR count). The monoisotopic (exact) mass is 400 g/mol. The first-order chi connectivity index (χ1) is 13.8. The molecular weight excluding hydrogens is 379 g/mol. The summed E-state index contributed by atoms with van der Waals surface area (Å²) in [5.41, 5.74) is 9.35. The number of aliphatic imine (C=N–C) groups is 1. The van der Waals surface area contributed by atoms with Gasteiger partial charge in [-0.25, -0.2) is 24.7 Å². The number of methoxy groups -OCH3 is 1. The number of anilines is 1. The summed E-state index contributed by atoms with van der Waals surface area (Å²) in [4.78, 5) is 18.4. The second-order valence-corrected chi connectivity index (χ2v) is 7.06. The molecular formula is C19H21FN6O3. The summed E-state index contributed by atoms with van der Waals surface area (Å²) < 4.78 is 26.7. The summed E-state index contributed by atoms with van der Waals surface area (Å²) in [6.07, 6.45) is 2.73. The number of fused-ring (bicyclic) bond motifs is 1. The van der Waals surface area contributed by atoms with Crippen molar-refractivity contribution in [3.05, 3.63) is 47.7 Å². The number of benzene rings is 1. The predicted octanol–water partition coefficient (Wildman–Crippen LogP) is 2.62. The van der Waals surface area contributed by atoms with Crippen LogP contribution in [0.25, 0.3) is 5.78 Å². The second kappa shape index (κ2) is 6.89. The third-order valence-electron chi connectivity index (χ3n) is 4.45. The van der Waals surface area contributed by atoms with E-state index >= 15 is 0 Å². The Kier molecular flexibility index (Phi) is 4.50. The average Bonchev–Trinajstić information content (AvgIpc) is 3.24. The van der Waals surface area contributed by atoms with Gasteiger partial charge in [-0.1, -0.05) is 0 Å². The van der Waals surface area contributed by atoms with Crippen molar-refractivity contribution in [2.24, 2.45) is 4.99 Å². The first-order valence-corrected chi connectivity index (χ1v) is 8.95. The molecule has 0 unspecified atom stereocenters. The largest absolute Gasteiger partial charge is 0.496 e. The molecule has 10 heteroatoms. The quantitative estimate of drug-likeness (QED) is 0.678. The predicted molar refractivity (Wildman–Crippen MR) is 104 cm³/mol. The zero-order valence-corrected chi connectivity index (χ0v) is 16.4. The number of nitrogens with one attached hydrogen (secondary N) is 1. The van der Waals surface area contributed by atoms with Crippen LogP contribution in [0.5, 0.6) is 11.5 Å². The van der Waals surface area contributed by atoms with Gasteiger partial charge < -0.3 is 15.2 Å². The van der Waals surface area contributed by atoms with Crippen LogP contribution in [-0.4, -0.2) is 33.0 Å². The molecule has 0 radical (unpaired) electrons. The van der Waals surface area contributed by atoms with Crippen LogP contribution in [0.1, 0.15) is 38.1 Å². The lowest BCUT2D eigenvalue weighted by atomic mass is 10.1. The van der Waals surface area contributed by atoms with Crippen LogP contribution in [0.2, 0.25) is 0 Å². The van der Waals surface area contributed by atoms with Crippen molar-refractivity contribution in [1.82, 2.24) is 19.8 Å². The number of nitrogens with zero attached hydrogens (tertiary/aromatic N) is 4. The molecule has 2 aromatic heterocycles. The highest BCUT2D eigenvalue weighted by Gasteiger charge is 2.28. The van der Waals surface area contributed by atoms with Gasteiger partial charge in [-0.3, -0.25) is 4.40 Å². The summed E-state index contributed by atoms with van der Waals surface area (Å²) >= 11 is 0. The minimum absolute atomic E-state index is 0.162. The van der Waals surface area contributed by atoms with E-state index in [9.17, 15) is 4.39 Å². The number of imidazole rings is 1. The number of amidine groups is 1. The third-order valence-corrected chi connectivity index (χ3v) is 4.45. The lowest BCUT2D eigenvalue weighted by Crippen LogP contribution is -2.24. The number of hydrogen-bond acceptors (Lipinski definition) is 8. The summed E-state index contributed by atoms with van der Waals surface area (Å²) in [5, 5.41) is 0. The van der Waals surface area contributed by atoms with E-state index < -0.39 is 11.8 Å². The standard InChI is InChI=1S/C19H21FN6O3/c1-10(12-7-11(20)5-6-14(12)27-4)28-15-9-26-13(8-22-18(26)23-16(15)21)17-24-19(2,3)29-25-17/h5-10H,1-4H3,(H,24,25)(H2,21,22,23)/t10-/m1/s1. The highest BCUT2D eigenvalue weighted by atomic mass is 19.1. The van der Waals surface area contributed by atoms with Crippen LogP contribution in [0.15, 0.2) is 35.6 Å². The van der Waals surface area contributed by atoms with Gasteiger partial charge in [0.05, 0.1) is 19.5 Å². The smallest absolute Gasteiger partial charge is 0.236 e. The molecule has 0 spiro atoms. The molecule has 152 valence electrons. The number of hydroxylamine groups is 1. The highest BCUT2D eigenvalue weighted by Crippen LogP contribution is 2.32. The Morgan fingerprint density at radius 1 is 1.31 bits per heavy atom. The molecule has 3 N–H and O–H groups in total. The van der Waals surface area contributed by atoms with E-state index in [4.69, 9.17) is 20.0 Å². The molecule has 0 amide bonds. The molecule has 1 aliphatic heterocycles. The molecule has 9 nitrogen and oxygen atoms in total. The topological polar surface area (TPSA) is 108 Å². The fourth-order valence-electron chi connectivity index (χ4n) is 3.05. The zero-order chi connectivity index (χ0) is 20.8. The minimum atomic E-state index is -0.692. The Labute approximate surface area is 166 Å². The molecule has 0 aliphatic carbocycles. The summed E-state index contributed by atoms with van der Waals surface area (Å²) in [6.45, 7) is 5.43. The summed E-state index contributed by atoms with van der Waals surface area (Å²) in [5.74, 6) is 1.50. The maximum Gasteiger partial charge on any atom is 0.236 e. The van der Waals surface area contributed by atoms with E-state index in [1.807, 2.05) is 13.8 Å². The van der Waals surface area contributed by atoms with Gasteiger partial charge in [0.25, 0.3) is 0 Å². The Morgan fingerprint density at radius 3 is 2.79 bits per heavy atom. The lowest BCUT2D eigenvalue weighted by Gasteiger charge is -2.18. The molecule has 0 bridgehead atoms. The molecule has 3 heterocycles. The van der Waals surface area contributed by atoms with E-state index in [-0.39, 0.29) is 11.6 Å². The van der Waals surface area contributed by atoms with E-state index in [1.54, 1.807) is 29.8 Å². The highest BCUT2D eigenvalue weighted by molar-refractivity contribution is 5.98. The Hall–Kier alpha value is -3.40. The van der Waals surface area contributed by atoms with E-state index in [1.165, 1.54) is 19.2 Å². The van der Waals surface area contributed by atoms with Gasteiger partial charge in [-0.15, -0.1) is 0 Å². The number of halogens is 1. The fraction of sp³-hybridized carbons (Fsp3) is 0.316. The van der Waals surface area contributed by atoms with Crippen molar-refractivity contribution in [3.8, 4) is 11.5 Å². The molecule has 0 fully saturated rings. The van der Waals surface area contributed by atoms with Crippen molar-refractivity contribution in [3.63, 3.8) is 0 Å². The van der Waals surface area contributed by atoms with Crippen LogP contribution < -0.4 is 20.7 Å². The summed E-state index contributed by atoms with van der Waals surface area (Å²) in [7, 11) is 1.52. The summed E-state index contributed by atoms with van der Waals surface area (Å²) in [6, 6.07) is 4.24. The van der Waals surface area contributed by atoms with Crippen LogP contribution in [0.4, 0.5) is 10.2 Å². The molecule has 1 aliphatic rings. The first-order valence-electron chi connectivity index (χ1n) is 8.95. The number of ether oxygens (including phenoxy) is 2. The van der Waals surface area contributed by atoms with E-state index in [0.29, 0.717) is 34.4 Å². The van der Waals surface area contributed by atoms with Crippen LogP contribution in [-0.2, 0) is 4.84 Å². The maximum atomic E-state index is 13.7. The molecule has 1 aromatic carbocycles. The van der Waals surface area contributed by atoms with Gasteiger partial charge in [-0.05, 0) is 39.0 Å². The SMILES string of the molecule is COc1ccc(F)cc1[C@@H](C)Oc1cn2c(C3=NC(C)(C)ON3)cnc2nc1N. The Bertz CT molecular complexity index is 1110. The molecule has 0 saturated carbocycles. The van der Waals surface area contributed by atoms with Gasteiger partial charge >= 0.3 is 0 Å². The minimum Gasteiger partial charge on any atom is -0.496 e. The van der Waals surface area contributed by atoms with Crippen molar-refractivity contribution in [2.45, 2.75) is 32.6 Å². The van der Waals surface area contributed by atoms with Crippen molar-refractivity contribution in [1.29, 1.82) is 0 Å². The van der Waals surface area contributed by atoms with Gasteiger partial charge in [0, 0.05) is 5.56 Å².